The first kappa shape index (κ1) is 22.4. The van der Waals surface area contributed by atoms with Gasteiger partial charge in [-0.1, -0.05) is 15.9 Å². The number of rotatable bonds is 4. The molecule has 2 N–H and O–H groups in total. The lowest BCUT2D eigenvalue weighted by Gasteiger charge is -2.19. The molecular formula is C16H22BrCl2F2N3O. The van der Waals surface area contributed by atoms with Gasteiger partial charge in [0.2, 0.25) is 5.91 Å². The number of anilines is 1. The third kappa shape index (κ3) is 5.94. The molecule has 2 unspecified atom stereocenters. The second-order valence-corrected chi connectivity index (χ2v) is 7.23. The van der Waals surface area contributed by atoms with Crippen LogP contribution < -0.4 is 15.5 Å². The van der Waals surface area contributed by atoms with Crippen molar-refractivity contribution in [2.75, 3.05) is 31.1 Å². The van der Waals surface area contributed by atoms with E-state index in [0.29, 0.717) is 12.5 Å². The number of amides is 1. The first-order valence-electron chi connectivity index (χ1n) is 7.82. The Hall–Kier alpha value is -0.630. The molecule has 2 aliphatic rings. The van der Waals surface area contributed by atoms with E-state index in [0.717, 1.165) is 24.0 Å². The lowest BCUT2D eigenvalue weighted by Crippen LogP contribution is -2.42. The summed E-state index contributed by atoms with van der Waals surface area (Å²) in [4.78, 5) is 14.2. The largest absolute Gasteiger partial charge is 0.371 e. The molecule has 2 fully saturated rings. The number of carbonyl (C=O) groups is 1. The van der Waals surface area contributed by atoms with Crippen LogP contribution in [-0.2, 0) is 4.79 Å². The van der Waals surface area contributed by atoms with Gasteiger partial charge < -0.3 is 10.2 Å². The summed E-state index contributed by atoms with van der Waals surface area (Å²) in [5.41, 5.74) is 1.17. The number of nitrogens with zero attached hydrogens (tertiary/aromatic N) is 1. The monoisotopic (exact) mass is 459 g/mol. The van der Waals surface area contributed by atoms with Crippen molar-refractivity contribution < 1.29 is 13.6 Å². The van der Waals surface area contributed by atoms with Gasteiger partial charge in [0.1, 0.15) is 0 Å². The fourth-order valence-electron chi connectivity index (χ4n) is 3.15. The van der Waals surface area contributed by atoms with E-state index in [1.54, 1.807) is 0 Å². The van der Waals surface area contributed by atoms with Crippen molar-refractivity contribution >= 4 is 52.3 Å². The van der Waals surface area contributed by atoms with Crippen LogP contribution >= 0.6 is 40.7 Å². The van der Waals surface area contributed by atoms with Gasteiger partial charge in [-0.25, -0.2) is 8.78 Å². The van der Waals surface area contributed by atoms with E-state index < -0.39 is 24.9 Å². The summed E-state index contributed by atoms with van der Waals surface area (Å²) in [5.74, 6) is -2.73. The Morgan fingerprint density at radius 1 is 1.32 bits per heavy atom. The minimum absolute atomic E-state index is 0. The molecule has 2 heterocycles. The molecule has 0 spiro atoms. The second-order valence-electron chi connectivity index (χ2n) is 6.32. The van der Waals surface area contributed by atoms with Gasteiger partial charge in [0.05, 0.1) is 12.6 Å². The third-order valence-corrected chi connectivity index (χ3v) is 5.00. The molecule has 142 valence electrons. The Bertz CT molecular complexity index is 577. The maximum absolute atomic E-state index is 13.1. The SMILES string of the molecule is Cl.Cl.O=C(NCC1CCN(c2ccc(Br)cc2)C1)C1CC(F)(F)CN1. The maximum atomic E-state index is 13.1. The molecule has 2 atom stereocenters. The van der Waals surface area contributed by atoms with Crippen LogP contribution in [0.25, 0.3) is 0 Å². The molecule has 0 aliphatic carbocycles. The molecule has 1 amide bonds. The highest BCUT2D eigenvalue weighted by Crippen LogP contribution is 2.26. The van der Waals surface area contributed by atoms with Crippen LogP contribution in [0.4, 0.5) is 14.5 Å². The van der Waals surface area contributed by atoms with Gasteiger partial charge in [-0.15, -0.1) is 24.8 Å². The number of alkyl halides is 2. The standard InChI is InChI=1S/C16H20BrF2N3O.2ClH/c17-12-1-3-13(4-2-12)22-6-5-11(9-22)8-20-15(23)14-7-16(18,19)10-21-14;;/h1-4,11,14,21H,5-10H2,(H,20,23);2*1H. The summed E-state index contributed by atoms with van der Waals surface area (Å²) in [6.07, 6.45) is 0.582. The van der Waals surface area contributed by atoms with Gasteiger partial charge >= 0.3 is 0 Å². The number of hydrogen-bond acceptors (Lipinski definition) is 3. The van der Waals surface area contributed by atoms with Crippen molar-refractivity contribution in [2.45, 2.75) is 24.8 Å². The second kappa shape index (κ2) is 9.35. The zero-order chi connectivity index (χ0) is 16.4. The Morgan fingerprint density at radius 3 is 2.60 bits per heavy atom. The molecule has 0 radical (unpaired) electrons. The molecule has 25 heavy (non-hydrogen) atoms. The average Bonchev–Trinajstić information content (AvgIpc) is 3.12. The number of carbonyl (C=O) groups excluding carboxylic acids is 1. The summed E-state index contributed by atoms with van der Waals surface area (Å²) in [5, 5.41) is 5.40. The van der Waals surface area contributed by atoms with Gasteiger partial charge in [-0.3, -0.25) is 10.1 Å². The van der Waals surface area contributed by atoms with Crippen LogP contribution in [0.1, 0.15) is 12.8 Å². The molecule has 0 bridgehead atoms. The summed E-state index contributed by atoms with van der Waals surface area (Å²) < 4.78 is 27.3. The third-order valence-electron chi connectivity index (χ3n) is 4.47. The Morgan fingerprint density at radius 2 is 2.00 bits per heavy atom. The Balaban J connectivity index is 0.00000156. The number of benzene rings is 1. The lowest BCUT2D eigenvalue weighted by molar-refractivity contribution is -0.123. The first-order chi connectivity index (χ1) is 10.9. The van der Waals surface area contributed by atoms with Crippen LogP contribution in [0.5, 0.6) is 0 Å². The average molecular weight is 461 g/mol. The fourth-order valence-corrected chi connectivity index (χ4v) is 3.42. The highest BCUT2D eigenvalue weighted by molar-refractivity contribution is 9.10. The highest BCUT2D eigenvalue weighted by atomic mass is 79.9. The normalized spacial score (nSPS) is 24.4. The summed E-state index contributed by atoms with van der Waals surface area (Å²) >= 11 is 3.42. The van der Waals surface area contributed by atoms with E-state index in [1.807, 2.05) is 12.1 Å². The van der Waals surface area contributed by atoms with Crippen LogP contribution in [0.15, 0.2) is 28.7 Å². The molecule has 3 rings (SSSR count). The Kier molecular flexibility index (Phi) is 8.38. The van der Waals surface area contributed by atoms with Crippen molar-refractivity contribution in [3.63, 3.8) is 0 Å². The van der Waals surface area contributed by atoms with Crippen molar-refractivity contribution in [3.8, 4) is 0 Å². The van der Waals surface area contributed by atoms with Crippen molar-refractivity contribution in [2.24, 2.45) is 5.92 Å². The number of nitrogens with one attached hydrogen (secondary N) is 2. The van der Waals surface area contributed by atoms with E-state index in [1.165, 1.54) is 5.69 Å². The molecule has 4 nitrogen and oxygen atoms in total. The molecule has 1 aromatic rings. The fraction of sp³-hybridized carbons (Fsp3) is 0.562. The van der Waals surface area contributed by atoms with E-state index in [2.05, 4.69) is 43.6 Å². The van der Waals surface area contributed by atoms with Crippen molar-refractivity contribution in [3.05, 3.63) is 28.7 Å². The highest BCUT2D eigenvalue weighted by Gasteiger charge is 2.42. The molecule has 2 aliphatic heterocycles. The molecule has 0 aromatic heterocycles. The van der Waals surface area contributed by atoms with E-state index >= 15 is 0 Å². The van der Waals surface area contributed by atoms with Crippen molar-refractivity contribution in [1.29, 1.82) is 0 Å². The maximum Gasteiger partial charge on any atom is 0.262 e. The van der Waals surface area contributed by atoms with Crippen LogP contribution in [0, 0.1) is 5.92 Å². The van der Waals surface area contributed by atoms with Gasteiger partial charge in [-0.05, 0) is 36.6 Å². The predicted octanol–water partition coefficient (Wildman–Crippen LogP) is 3.23. The number of halogens is 5. The quantitative estimate of drug-likeness (QED) is 0.724. The van der Waals surface area contributed by atoms with Gasteiger partial charge in [0.25, 0.3) is 5.92 Å². The van der Waals surface area contributed by atoms with Crippen LogP contribution in [-0.4, -0.2) is 44.1 Å². The van der Waals surface area contributed by atoms with E-state index in [9.17, 15) is 13.6 Å². The first-order valence-corrected chi connectivity index (χ1v) is 8.62. The lowest BCUT2D eigenvalue weighted by atomic mass is 10.1. The minimum Gasteiger partial charge on any atom is -0.371 e. The van der Waals surface area contributed by atoms with E-state index in [4.69, 9.17) is 0 Å². The minimum atomic E-state index is -2.77. The topological polar surface area (TPSA) is 44.4 Å². The van der Waals surface area contributed by atoms with Crippen LogP contribution in [0.3, 0.4) is 0 Å². The van der Waals surface area contributed by atoms with Gasteiger partial charge in [0.15, 0.2) is 0 Å². The summed E-state index contributed by atoms with van der Waals surface area (Å²) in [7, 11) is 0. The molecule has 2 saturated heterocycles. The zero-order valence-corrected chi connectivity index (χ0v) is 16.7. The van der Waals surface area contributed by atoms with Crippen molar-refractivity contribution in [1.82, 2.24) is 10.6 Å². The van der Waals surface area contributed by atoms with Crippen LogP contribution in [0.2, 0.25) is 0 Å². The van der Waals surface area contributed by atoms with E-state index in [-0.39, 0.29) is 30.7 Å². The Labute approximate surface area is 167 Å². The summed E-state index contributed by atoms with van der Waals surface area (Å²) in [6.45, 7) is 1.94. The molecule has 1 aromatic carbocycles. The smallest absolute Gasteiger partial charge is 0.262 e. The molecule has 9 heteroatoms. The summed E-state index contributed by atoms with van der Waals surface area (Å²) in [6, 6.07) is 7.38. The zero-order valence-electron chi connectivity index (χ0n) is 13.5. The molecule has 0 saturated carbocycles. The van der Waals surface area contributed by atoms with Gasteiger partial charge in [0, 0.05) is 36.2 Å². The van der Waals surface area contributed by atoms with Gasteiger partial charge in [-0.2, -0.15) is 0 Å². The molecular weight excluding hydrogens is 439 g/mol. The number of hydrogen-bond donors (Lipinski definition) is 2. The predicted molar refractivity (Wildman–Crippen MR) is 103 cm³/mol.